The Hall–Kier alpha value is -0.120. The molecule has 0 heterocycles. The van der Waals surface area contributed by atoms with E-state index < -0.39 is 0 Å². The first kappa shape index (κ1) is 16.9. The molecule has 0 aromatic carbocycles. The molecule has 0 fully saturated rings. The molecule has 0 bridgehead atoms. The van der Waals surface area contributed by atoms with E-state index in [1.54, 1.807) is 0 Å². The number of likely N-dealkylation sites (N-methyl/N-ethyl adjacent to an activating group) is 1. The molecule has 0 saturated carbocycles. The van der Waals surface area contributed by atoms with Crippen molar-refractivity contribution in [2.45, 2.75) is 53.8 Å². The third kappa shape index (κ3) is 7.74. The van der Waals surface area contributed by atoms with Gasteiger partial charge in [-0.15, -0.1) is 0 Å². The second-order valence-corrected chi connectivity index (χ2v) is 4.37. The molecule has 0 aromatic rings. The van der Waals surface area contributed by atoms with Crippen molar-refractivity contribution in [3.05, 3.63) is 0 Å². The average Bonchev–Trinajstić information content (AvgIpc) is 2.34. The minimum atomic E-state index is -0.0701. The summed E-state index contributed by atoms with van der Waals surface area (Å²) >= 11 is 0. The molecule has 0 aliphatic rings. The van der Waals surface area contributed by atoms with Crippen molar-refractivity contribution < 1.29 is 9.47 Å². The molecular formula is C14H31NO2. The Morgan fingerprint density at radius 3 is 1.71 bits per heavy atom. The van der Waals surface area contributed by atoms with Crippen molar-refractivity contribution in [3.8, 4) is 0 Å². The maximum absolute atomic E-state index is 5.60. The van der Waals surface area contributed by atoms with Crippen LogP contribution in [0.4, 0.5) is 0 Å². The Morgan fingerprint density at radius 1 is 0.824 bits per heavy atom. The Balaban J connectivity index is 4.14. The van der Waals surface area contributed by atoms with Gasteiger partial charge in [0.15, 0.2) is 6.29 Å². The van der Waals surface area contributed by atoms with Crippen molar-refractivity contribution in [2.24, 2.45) is 5.92 Å². The number of hydrogen-bond acceptors (Lipinski definition) is 3. The molecule has 0 saturated heterocycles. The minimum absolute atomic E-state index is 0.0701. The number of rotatable bonds is 11. The van der Waals surface area contributed by atoms with Crippen molar-refractivity contribution >= 4 is 0 Å². The molecular weight excluding hydrogens is 214 g/mol. The van der Waals surface area contributed by atoms with Crippen molar-refractivity contribution in [1.29, 1.82) is 0 Å². The standard InChI is InChI=1S/C14H31NO2/c1-6-13(7-2)11-15(8-3)12-14(16-9-4)17-10-5/h13-14H,6-12H2,1-5H3. The van der Waals surface area contributed by atoms with E-state index >= 15 is 0 Å². The lowest BCUT2D eigenvalue weighted by atomic mass is 10.0. The van der Waals surface area contributed by atoms with Gasteiger partial charge in [0.25, 0.3) is 0 Å². The van der Waals surface area contributed by atoms with Gasteiger partial charge in [-0.25, -0.2) is 0 Å². The zero-order valence-electron chi connectivity index (χ0n) is 12.4. The lowest BCUT2D eigenvalue weighted by molar-refractivity contribution is -0.147. The highest BCUT2D eigenvalue weighted by Gasteiger charge is 2.15. The van der Waals surface area contributed by atoms with Crippen LogP contribution in [0.1, 0.15) is 47.5 Å². The first-order chi connectivity index (χ1) is 8.21. The Morgan fingerprint density at radius 2 is 1.35 bits per heavy atom. The van der Waals surface area contributed by atoms with E-state index in [1.807, 2.05) is 13.8 Å². The number of hydrogen-bond donors (Lipinski definition) is 0. The van der Waals surface area contributed by atoms with Crippen LogP contribution in [-0.2, 0) is 9.47 Å². The van der Waals surface area contributed by atoms with Crippen molar-refractivity contribution in [2.75, 3.05) is 32.8 Å². The van der Waals surface area contributed by atoms with Gasteiger partial charge < -0.3 is 9.47 Å². The van der Waals surface area contributed by atoms with Gasteiger partial charge in [-0.2, -0.15) is 0 Å². The summed E-state index contributed by atoms with van der Waals surface area (Å²) in [5.74, 6) is 0.791. The molecule has 17 heavy (non-hydrogen) atoms. The number of ether oxygens (including phenoxy) is 2. The molecule has 0 atom stereocenters. The molecule has 0 rings (SSSR count). The van der Waals surface area contributed by atoms with Gasteiger partial charge in [-0.3, -0.25) is 4.90 Å². The smallest absolute Gasteiger partial charge is 0.170 e. The molecule has 0 N–H and O–H groups in total. The van der Waals surface area contributed by atoms with Gasteiger partial charge in [0.2, 0.25) is 0 Å². The van der Waals surface area contributed by atoms with E-state index in [2.05, 4.69) is 25.7 Å². The summed E-state index contributed by atoms with van der Waals surface area (Å²) in [6, 6.07) is 0. The largest absolute Gasteiger partial charge is 0.352 e. The first-order valence-electron chi connectivity index (χ1n) is 7.17. The van der Waals surface area contributed by atoms with Gasteiger partial charge in [-0.05, 0) is 26.3 Å². The molecule has 0 unspecified atom stereocenters. The monoisotopic (exact) mass is 245 g/mol. The minimum Gasteiger partial charge on any atom is -0.352 e. The summed E-state index contributed by atoms with van der Waals surface area (Å²) in [6.07, 6.45) is 2.43. The molecule has 3 nitrogen and oxygen atoms in total. The predicted octanol–water partition coefficient (Wildman–Crippen LogP) is 3.14. The molecule has 3 heteroatoms. The molecule has 0 radical (unpaired) electrons. The zero-order valence-corrected chi connectivity index (χ0v) is 12.4. The first-order valence-corrected chi connectivity index (χ1v) is 7.17. The topological polar surface area (TPSA) is 21.7 Å². The highest BCUT2D eigenvalue weighted by Crippen LogP contribution is 2.11. The van der Waals surface area contributed by atoms with Gasteiger partial charge in [-0.1, -0.05) is 33.6 Å². The summed E-state index contributed by atoms with van der Waals surface area (Å²) in [5, 5.41) is 0. The Bertz CT molecular complexity index is 154. The lowest BCUT2D eigenvalue weighted by Crippen LogP contribution is -2.38. The quantitative estimate of drug-likeness (QED) is 0.522. The van der Waals surface area contributed by atoms with Crippen molar-refractivity contribution in [1.82, 2.24) is 4.90 Å². The van der Waals surface area contributed by atoms with Crippen LogP contribution in [0.3, 0.4) is 0 Å². The third-order valence-electron chi connectivity index (χ3n) is 3.23. The highest BCUT2D eigenvalue weighted by molar-refractivity contribution is 4.64. The van der Waals surface area contributed by atoms with E-state index in [4.69, 9.17) is 9.47 Å². The summed E-state index contributed by atoms with van der Waals surface area (Å²) < 4.78 is 11.2. The fourth-order valence-electron chi connectivity index (χ4n) is 1.98. The summed E-state index contributed by atoms with van der Waals surface area (Å²) in [7, 11) is 0. The summed E-state index contributed by atoms with van der Waals surface area (Å²) in [5.41, 5.74) is 0. The maximum atomic E-state index is 5.60. The van der Waals surface area contributed by atoms with E-state index in [1.165, 1.54) is 12.8 Å². The van der Waals surface area contributed by atoms with Crippen LogP contribution in [0.5, 0.6) is 0 Å². The number of nitrogens with zero attached hydrogens (tertiary/aromatic N) is 1. The Kier molecular flexibility index (Phi) is 10.9. The molecule has 0 aliphatic heterocycles. The third-order valence-corrected chi connectivity index (χ3v) is 3.23. The van der Waals surface area contributed by atoms with E-state index in [0.717, 1.165) is 25.6 Å². The highest BCUT2D eigenvalue weighted by atomic mass is 16.7. The van der Waals surface area contributed by atoms with Crippen LogP contribution in [0.15, 0.2) is 0 Å². The molecule has 0 aliphatic carbocycles. The fraction of sp³-hybridized carbons (Fsp3) is 1.00. The van der Waals surface area contributed by atoms with Gasteiger partial charge in [0.1, 0.15) is 0 Å². The van der Waals surface area contributed by atoms with Crippen LogP contribution >= 0.6 is 0 Å². The molecule has 104 valence electrons. The summed E-state index contributed by atoms with van der Waals surface area (Å²) in [6.45, 7) is 15.3. The second kappa shape index (κ2) is 11.0. The molecule has 0 amide bonds. The van der Waals surface area contributed by atoms with Crippen LogP contribution in [-0.4, -0.2) is 44.0 Å². The zero-order chi connectivity index (χ0) is 13.1. The van der Waals surface area contributed by atoms with Gasteiger partial charge in [0, 0.05) is 26.3 Å². The predicted molar refractivity (Wildman–Crippen MR) is 73.2 cm³/mol. The van der Waals surface area contributed by atoms with Crippen LogP contribution < -0.4 is 0 Å². The van der Waals surface area contributed by atoms with Crippen LogP contribution in [0, 0.1) is 5.92 Å². The fourth-order valence-corrected chi connectivity index (χ4v) is 1.98. The van der Waals surface area contributed by atoms with Crippen LogP contribution in [0.25, 0.3) is 0 Å². The van der Waals surface area contributed by atoms with E-state index in [0.29, 0.717) is 13.2 Å². The van der Waals surface area contributed by atoms with Gasteiger partial charge in [0.05, 0.1) is 0 Å². The average molecular weight is 245 g/mol. The normalized spacial score (nSPS) is 12.0. The second-order valence-electron chi connectivity index (χ2n) is 4.37. The van der Waals surface area contributed by atoms with E-state index in [9.17, 15) is 0 Å². The maximum Gasteiger partial charge on any atom is 0.170 e. The Labute approximate surface area is 107 Å². The molecule has 0 aromatic heterocycles. The van der Waals surface area contributed by atoms with Crippen molar-refractivity contribution in [3.63, 3.8) is 0 Å². The van der Waals surface area contributed by atoms with Gasteiger partial charge >= 0.3 is 0 Å². The van der Waals surface area contributed by atoms with Crippen LogP contribution in [0.2, 0.25) is 0 Å². The lowest BCUT2D eigenvalue weighted by Gasteiger charge is -2.28. The SMILES string of the molecule is CCOC(CN(CC)CC(CC)CC)OCC. The molecule has 0 spiro atoms. The van der Waals surface area contributed by atoms with E-state index in [-0.39, 0.29) is 6.29 Å². The summed E-state index contributed by atoms with van der Waals surface area (Å²) in [4.78, 5) is 2.44.